The zero-order valence-electron chi connectivity index (χ0n) is 28.1. The lowest BCUT2D eigenvalue weighted by Gasteiger charge is -2.06. The largest absolute Gasteiger partial charge is 0.309 e. The summed E-state index contributed by atoms with van der Waals surface area (Å²) in [5, 5.41) is 31.5. The van der Waals surface area contributed by atoms with E-state index < -0.39 is 4.92 Å². The van der Waals surface area contributed by atoms with Gasteiger partial charge in [0.15, 0.2) is 11.6 Å². The molecule has 12 heteroatoms. The maximum absolute atomic E-state index is 12.2. The number of carbonyl (C=O) groups is 2. The molecule has 0 aliphatic heterocycles. The number of hydrogen-bond donors (Lipinski definition) is 4. The number of anilines is 2. The number of rotatable bonds is 11. The standard InChI is InChI=1S/C20H18ClN3O.C20H18N4O3/c21-17-4-2-1-3-16(17)14-7-5-13(6-8-14)11-20(25)22-19-12-18(23-24-19)15-9-10-15;25-20(21-19-12-18(22-23-19)15-8-9-15)10-13-4-6-14(7-5-13)16-2-1-3-17(11-16)24(26)27/h1-8,12,15H,9-11H2,(H2,22,23,24,25);1-7,11-12,15H,8-10H2,(H2,21,22,23,25). The van der Waals surface area contributed by atoms with Crippen molar-refractivity contribution in [2.45, 2.75) is 50.4 Å². The van der Waals surface area contributed by atoms with Gasteiger partial charge in [0.1, 0.15) is 0 Å². The summed E-state index contributed by atoms with van der Waals surface area (Å²) in [5.41, 5.74) is 7.71. The van der Waals surface area contributed by atoms with Crippen LogP contribution >= 0.6 is 11.6 Å². The molecule has 2 amide bonds. The quantitative estimate of drug-likeness (QED) is 0.0776. The molecule has 2 fully saturated rings. The van der Waals surface area contributed by atoms with Crippen molar-refractivity contribution in [2.24, 2.45) is 0 Å². The molecule has 2 aliphatic rings. The molecule has 0 radical (unpaired) electrons. The van der Waals surface area contributed by atoms with Gasteiger partial charge >= 0.3 is 0 Å². The smallest absolute Gasteiger partial charge is 0.270 e. The Bertz CT molecular complexity index is 2200. The van der Waals surface area contributed by atoms with Crippen LogP contribution in [0, 0.1) is 10.1 Å². The molecule has 2 aliphatic carbocycles. The van der Waals surface area contributed by atoms with Crippen molar-refractivity contribution in [3.63, 3.8) is 0 Å². The summed E-state index contributed by atoms with van der Waals surface area (Å²) < 4.78 is 0. The van der Waals surface area contributed by atoms with E-state index in [2.05, 4.69) is 31.0 Å². The van der Waals surface area contributed by atoms with Crippen LogP contribution in [0.15, 0.2) is 109 Å². The van der Waals surface area contributed by atoms with Crippen molar-refractivity contribution >= 4 is 40.7 Å². The van der Waals surface area contributed by atoms with Gasteiger partial charge < -0.3 is 10.6 Å². The minimum absolute atomic E-state index is 0.0560. The van der Waals surface area contributed by atoms with E-state index in [9.17, 15) is 19.7 Å². The Hall–Kier alpha value is -6.07. The average Bonchev–Trinajstić information content (AvgIpc) is 4.09. The van der Waals surface area contributed by atoms with Gasteiger partial charge in [-0.15, -0.1) is 0 Å². The summed E-state index contributed by atoms with van der Waals surface area (Å²) in [4.78, 5) is 34.9. The molecular weight excluding hydrogens is 678 g/mol. The van der Waals surface area contributed by atoms with Gasteiger partial charge in [-0.1, -0.05) is 90.5 Å². The second-order valence-electron chi connectivity index (χ2n) is 13.1. The molecule has 6 aromatic rings. The van der Waals surface area contributed by atoms with Crippen molar-refractivity contribution in [3.05, 3.63) is 147 Å². The Morgan fingerprint density at radius 1 is 0.673 bits per heavy atom. The number of non-ortho nitro benzene ring substituents is 1. The number of hydrogen-bond acceptors (Lipinski definition) is 6. The number of amides is 2. The second kappa shape index (κ2) is 15.4. The predicted octanol–water partition coefficient (Wildman–Crippen LogP) is 8.83. The molecule has 0 spiro atoms. The van der Waals surface area contributed by atoms with Crippen LogP contribution in [0.25, 0.3) is 22.3 Å². The Morgan fingerprint density at radius 3 is 1.69 bits per heavy atom. The summed E-state index contributed by atoms with van der Waals surface area (Å²) in [6, 6.07) is 33.4. The number of benzene rings is 4. The van der Waals surface area contributed by atoms with E-state index in [0.29, 0.717) is 29.9 Å². The van der Waals surface area contributed by atoms with Crippen molar-refractivity contribution in [3.8, 4) is 22.3 Å². The van der Waals surface area contributed by atoms with Crippen molar-refractivity contribution < 1.29 is 14.5 Å². The van der Waals surface area contributed by atoms with E-state index in [4.69, 9.17) is 11.6 Å². The zero-order chi connectivity index (χ0) is 36.0. The lowest BCUT2D eigenvalue weighted by atomic mass is 10.0. The zero-order valence-corrected chi connectivity index (χ0v) is 28.9. The third kappa shape index (κ3) is 8.98. The van der Waals surface area contributed by atoms with Crippen LogP contribution < -0.4 is 10.6 Å². The summed E-state index contributed by atoms with van der Waals surface area (Å²) in [6.45, 7) is 0. The number of nitro benzene ring substituents is 1. The lowest BCUT2D eigenvalue weighted by Crippen LogP contribution is -2.14. The third-order valence-corrected chi connectivity index (χ3v) is 9.31. The maximum Gasteiger partial charge on any atom is 0.270 e. The number of H-pyrrole nitrogens is 2. The molecule has 4 aromatic carbocycles. The minimum Gasteiger partial charge on any atom is -0.309 e. The van der Waals surface area contributed by atoms with Crippen LogP contribution in [0.4, 0.5) is 17.3 Å². The van der Waals surface area contributed by atoms with Crippen LogP contribution in [0.5, 0.6) is 0 Å². The van der Waals surface area contributed by atoms with Gasteiger partial charge in [-0.3, -0.25) is 29.9 Å². The molecule has 2 saturated carbocycles. The normalized spacial score (nSPS) is 13.5. The van der Waals surface area contributed by atoms with Gasteiger partial charge in [0.2, 0.25) is 11.8 Å². The Kier molecular flexibility index (Phi) is 10.2. The fourth-order valence-corrected chi connectivity index (χ4v) is 6.11. The molecule has 2 aromatic heterocycles. The van der Waals surface area contributed by atoms with E-state index in [0.717, 1.165) is 49.8 Å². The van der Waals surface area contributed by atoms with E-state index in [1.165, 1.54) is 37.8 Å². The first kappa shape index (κ1) is 34.4. The predicted molar refractivity (Wildman–Crippen MR) is 201 cm³/mol. The summed E-state index contributed by atoms with van der Waals surface area (Å²) >= 11 is 6.23. The molecule has 4 N–H and O–H groups in total. The molecular formula is C40H36ClN7O4. The Balaban J connectivity index is 0.000000162. The number of nitrogens with zero attached hydrogens (tertiary/aromatic N) is 3. The van der Waals surface area contributed by atoms with Gasteiger partial charge in [0.05, 0.1) is 17.8 Å². The first-order chi connectivity index (χ1) is 25.3. The monoisotopic (exact) mass is 713 g/mol. The highest BCUT2D eigenvalue weighted by molar-refractivity contribution is 6.33. The molecule has 0 unspecified atom stereocenters. The van der Waals surface area contributed by atoms with Gasteiger partial charge in [-0.25, -0.2) is 0 Å². The first-order valence-electron chi connectivity index (χ1n) is 17.2. The molecule has 8 rings (SSSR count). The number of aromatic amines is 2. The fourth-order valence-electron chi connectivity index (χ4n) is 5.86. The van der Waals surface area contributed by atoms with Crippen LogP contribution in [-0.2, 0) is 22.4 Å². The number of nitrogens with one attached hydrogen (secondary N) is 4. The van der Waals surface area contributed by atoms with Crippen molar-refractivity contribution in [1.29, 1.82) is 0 Å². The summed E-state index contributed by atoms with van der Waals surface area (Å²) in [7, 11) is 0. The summed E-state index contributed by atoms with van der Waals surface area (Å²) in [5.74, 6) is 2.10. The van der Waals surface area contributed by atoms with Crippen LogP contribution in [-0.4, -0.2) is 37.1 Å². The fraction of sp³-hybridized carbons (Fsp3) is 0.200. The SMILES string of the molecule is O=C(Cc1ccc(-c2cccc([N+](=O)[O-])c2)cc1)Nc1cc(C2CC2)[nH]n1.O=C(Cc1ccc(-c2ccccc2Cl)cc1)Nc1cc(C2CC2)[nH]n1. The highest BCUT2D eigenvalue weighted by Crippen LogP contribution is 2.40. The summed E-state index contributed by atoms with van der Waals surface area (Å²) in [6.07, 6.45) is 5.30. The third-order valence-electron chi connectivity index (χ3n) is 8.98. The molecule has 0 saturated heterocycles. The lowest BCUT2D eigenvalue weighted by molar-refractivity contribution is -0.384. The van der Waals surface area contributed by atoms with Crippen molar-refractivity contribution in [1.82, 2.24) is 20.4 Å². The van der Waals surface area contributed by atoms with E-state index in [1.54, 1.807) is 6.07 Å². The van der Waals surface area contributed by atoms with Crippen LogP contribution in [0.3, 0.4) is 0 Å². The highest BCUT2D eigenvalue weighted by Gasteiger charge is 2.26. The van der Waals surface area contributed by atoms with E-state index >= 15 is 0 Å². The number of nitro groups is 1. The van der Waals surface area contributed by atoms with Gasteiger partial charge in [0.25, 0.3) is 5.69 Å². The van der Waals surface area contributed by atoms with E-state index in [1.807, 2.05) is 91.0 Å². The minimum atomic E-state index is -0.411. The molecule has 11 nitrogen and oxygen atoms in total. The molecule has 0 bridgehead atoms. The maximum atomic E-state index is 12.2. The molecule has 2 heterocycles. The molecule has 262 valence electrons. The first-order valence-corrected chi connectivity index (χ1v) is 17.5. The average molecular weight is 714 g/mol. The van der Waals surface area contributed by atoms with E-state index in [-0.39, 0.29) is 23.9 Å². The van der Waals surface area contributed by atoms with Crippen molar-refractivity contribution in [2.75, 3.05) is 10.6 Å². The number of aromatic nitrogens is 4. The molecule has 0 atom stereocenters. The van der Waals surface area contributed by atoms with Crippen LogP contribution in [0.2, 0.25) is 5.02 Å². The Labute approximate surface area is 305 Å². The highest BCUT2D eigenvalue weighted by atomic mass is 35.5. The topological polar surface area (TPSA) is 159 Å². The molecule has 52 heavy (non-hydrogen) atoms. The number of carbonyl (C=O) groups excluding carboxylic acids is 2. The van der Waals surface area contributed by atoms with Gasteiger partial charge in [-0.2, -0.15) is 10.2 Å². The second-order valence-corrected chi connectivity index (χ2v) is 13.5. The van der Waals surface area contributed by atoms with Gasteiger partial charge in [0, 0.05) is 58.1 Å². The number of halogens is 1. The van der Waals surface area contributed by atoms with Gasteiger partial charge in [-0.05, 0) is 59.6 Å². The van der Waals surface area contributed by atoms with Crippen LogP contribution in [0.1, 0.15) is 60.0 Å². The Morgan fingerprint density at radius 2 is 1.19 bits per heavy atom.